The molecular formula is C19H36N2O4. The predicted molar refractivity (Wildman–Crippen MR) is 98.0 cm³/mol. The number of nitrogens with two attached hydrogens (primary N) is 2. The Morgan fingerprint density at radius 3 is 1.32 bits per heavy atom. The molecule has 0 radical (unpaired) electrons. The van der Waals surface area contributed by atoms with Gasteiger partial charge in [-0.15, -0.1) is 0 Å². The highest BCUT2D eigenvalue weighted by molar-refractivity contribution is 5.67. The molecule has 0 amide bonds. The lowest BCUT2D eigenvalue weighted by molar-refractivity contribution is -0.139. The number of unbranched alkanes of at least 4 members (excludes halogenated alkanes) is 1. The van der Waals surface area contributed by atoms with Gasteiger partial charge in [0.15, 0.2) is 0 Å². The van der Waals surface area contributed by atoms with E-state index in [1.807, 2.05) is 0 Å². The number of hydrogen-bond donors (Lipinski definition) is 4. The lowest BCUT2D eigenvalue weighted by Gasteiger charge is -2.44. The molecule has 2 rings (SSSR count). The van der Waals surface area contributed by atoms with E-state index in [0.717, 1.165) is 0 Å². The first kappa shape index (κ1) is 21.9. The van der Waals surface area contributed by atoms with Crippen LogP contribution in [0.3, 0.4) is 0 Å². The summed E-state index contributed by atoms with van der Waals surface area (Å²) in [5.74, 6) is -0.556. The molecule has 6 heteroatoms. The molecule has 146 valence electrons. The first-order valence-electron chi connectivity index (χ1n) is 9.85. The van der Waals surface area contributed by atoms with E-state index in [0.29, 0.717) is 24.7 Å². The first-order valence-corrected chi connectivity index (χ1v) is 9.85. The van der Waals surface area contributed by atoms with E-state index in [9.17, 15) is 9.59 Å². The first-order chi connectivity index (χ1) is 11.8. The number of carboxylic acid groups (broad SMARTS) is 2. The Balaban J connectivity index is 0.000000275. The third-order valence-electron chi connectivity index (χ3n) is 5.66. The van der Waals surface area contributed by atoms with E-state index < -0.39 is 11.9 Å². The van der Waals surface area contributed by atoms with Gasteiger partial charge in [0.25, 0.3) is 0 Å². The Bertz CT molecular complexity index is 364. The van der Waals surface area contributed by atoms with Crippen molar-refractivity contribution >= 4 is 11.9 Å². The van der Waals surface area contributed by atoms with E-state index in [1.165, 1.54) is 64.2 Å². The Kier molecular flexibility index (Phi) is 10.0. The lowest BCUT2D eigenvalue weighted by Crippen LogP contribution is -2.61. The highest BCUT2D eigenvalue weighted by atomic mass is 16.4. The molecule has 2 aliphatic rings. The van der Waals surface area contributed by atoms with E-state index in [2.05, 4.69) is 0 Å². The zero-order valence-electron chi connectivity index (χ0n) is 15.4. The summed E-state index contributed by atoms with van der Waals surface area (Å²) in [5, 5.41) is 16.3. The molecular weight excluding hydrogens is 320 g/mol. The van der Waals surface area contributed by atoms with E-state index in [1.54, 1.807) is 0 Å². The van der Waals surface area contributed by atoms with Crippen LogP contribution in [0.4, 0.5) is 0 Å². The summed E-state index contributed by atoms with van der Waals surface area (Å²) in [7, 11) is 0. The van der Waals surface area contributed by atoms with E-state index >= 15 is 0 Å². The van der Waals surface area contributed by atoms with Gasteiger partial charge in [-0.3, -0.25) is 9.59 Å². The second-order valence-electron chi connectivity index (χ2n) is 7.66. The summed E-state index contributed by atoms with van der Waals surface area (Å²) in [6, 6.07) is 0. The van der Waals surface area contributed by atoms with Crippen molar-refractivity contribution in [1.82, 2.24) is 0 Å². The summed E-state index contributed by atoms with van der Waals surface area (Å²) in [6.07, 6.45) is 14.2. The fourth-order valence-electron chi connectivity index (χ4n) is 4.09. The highest BCUT2D eigenvalue weighted by Crippen LogP contribution is 2.38. The van der Waals surface area contributed by atoms with Gasteiger partial charge in [0, 0.05) is 12.8 Å². The number of aliphatic carboxylic acids is 2. The molecule has 25 heavy (non-hydrogen) atoms. The largest absolute Gasteiger partial charge is 0.481 e. The van der Waals surface area contributed by atoms with Crippen LogP contribution in [0.1, 0.15) is 89.9 Å². The fraction of sp³-hybridized carbons (Fsp3) is 0.895. The smallest absolute Gasteiger partial charge is 0.303 e. The molecule has 0 bridgehead atoms. The molecule has 0 heterocycles. The molecule has 2 fully saturated rings. The van der Waals surface area contributed by atoms with Crippen LogP contribution in [0.5, 0.6) is 0 Å². The van der Waals surface area contributed by atoms with Crippen LogP contribution < -0.4 is 11.5 Å². The monoisotopic (exact) mass is 356 g/mol. The van der Waals surface area contributed by atoms with Gasteiger partial charge in [0.05, 0.1) is 5.66 Å². The predicted octanol–water partition coefficient (Wildman–Crippen LogP) is 3.48. The van der Waals surface area contributed by atoms with Crippen LogP contribution in [0.2, 0.25) is 0 Å². The second-order valence-corrected chi connectivity index (χ2v) is 7.66. The topological polar surface area (TPSA) is 127 Å². The SMILES string of the molecule is NC(N)(C1CCCCC1)C1CCCCC1.O=C(O)CCCCC(=O)O. The van der Waals surface area contributed by atoms with Gasteiger partial charge in [-0.1, -0.05) is 38.5 Å². The van der Waals surface area contributed by atoms with Gasteiger partial charge in [0.1, 0.15) is 0 Å². The minimum atomic E-state index is -0.870. The zero-order chi connectivity index (χ0) is 18.7. The maximum Gasteiger partial charge on any atom is 0.303 e. The number of carbonyl (C=O) groups is 2. The zero-order valence-corrected chi connectivity index (χ0v) is 15.4. The van der Waals surface area contributed by atoms with Crippen molar-refractivity contribution in [1.29, 1.82) is 0 Å². The van der Waals surface area contributed by atoms with Crippen LogP contribution in [-0.4, -0.2) is 27.8 Å². The lowest BCUT2D eigenvalue weighted by atomic mass is 9.70. The minimum absolute atomic E-state index is 0.0628. The molecule has 0 aromatic rings. The number of carboxylic acids is 2. The molecule has 0 saturated heterocycles. The molecule has 0 spiro atoms. The average molecular weight is 357 g/mol. The second kappa shape index (κ2) is 11.5. The maximum atomic E-state index is 9.90. The van der Waals surface area contributed by atoms with Crippen LogP contribution in [0.25, 0.3) is 0 Å². The summed E-state index contributed by atoms with van der Waals surface area (Å²) in [5.41, 5.74) is 12.5. The molecule has 0 unspecified atom stereocenters. The van der Waals surface area contributed by atoms with Crippen molar-refractivity contribution in [2.75, 3.05) is 0 Å². The summed E-state index contributed by atoms with van der Waals surface area (Å²) in [4.78, 5) is 19.8. The molecule has 0 aliphatic heterocycles. The Morgan fingerprint density at radius 2 is 1.04 bits per heavy atom. The standard InChI is InChI=1S/C13H26N2.C6H10O4/c14-13(15,11-7-3-1-4-8-11)12-9-5-2-6-10-12;7-5(8)3-1-2-4-6(9)10/h11-12H,1-10,14-15H2;1-4H2,(H,7,8)(H,9,10). The van der Waals surface area contributed by atoms with Crippen molar-refractivity contribution in [2.24, 2.45) is 23.3 Å². The molecule has 6 nitrogen and oxygen atoms in total. The van der Waals surface area contributed by atoms with Crippen molar-refractivity contribution in [3.8, 4) is 0 Å². The summed E-state index contributed by atoms with van der Waals surface area (Å²) in [6.45, 7) is 0. The fourth-order valence-corrected chi connectivity index (χ4v) is 4.09. The van der Waals surface area contributed by atoms with E-state index in [-0.39, 0.29) is 18.5 Å². The van der Waals surface area contributed by atoms with Crippen molar-refractivity contribution in [3.63, 3.8) is 0 Å². The van der Waals surface area contributed by atoms with Gasteiger partial charge in [-0.25, -0.2) is 0 Å². The van der Waals surface area contributed by atoms with Gasteiger partial charge in [-0.05, 0) is 50.4 Å². The number of rotatable bonds is 7. The quantitative estimate of drug-likeness (QED) is 0.408. The number of hydrogen-bond acceptors (Lipinski definition) is 4. The Morgan fingerprint density at radius 1 is 0.720 bits per heavy atom. The molecule has 0 aromatic carbocycles. The molecule has 0 aromatic heterocycles. The summed E-state index contributed by atoms with van der Waals surface area (Å²) >= 11 is 0. The normalized spacial score (nSPS) is 19.8. The van der Waals surface area contributed by atoms with Crippen molar-refractivity contribution in [2.45, 2.75) is 95.6 Å². The maximum absolute atomic E-state index is 9.90. The van der Waals surface area contributed by atoms with Gasteiger partial charge in [0.2, 0.25) is 0 Å². The van der Waals surface area contributed by atoms with Crippen molar-refractivity contribution in [3.05, 3.63) is 0 Å². The van der Waals surface area contributed by atoms with Crippen LogP contribution in [0, 0.1) is 11.8 Å². The Hall–Kier alpha value is -1.14. The molecule has 2 aliphatic carbocycles. The Labute approximate surface area is 151 Å². The molecule has 6 N–H and O–H groups in total. The minimum Gasteiger partial charge on any atom is -0.481 e. The van der Waals surface area contributed by atoms with E-state index in [4.69, 9.17) is 21.7 Å². The van der Waals surface area contributed by atoms with Crippen LogP contribution in [-0.2, 0) is 9.59 Å². The van der Waals surface area contributed by atoms with Crippen molar-refractivity contribution < 1.29 is 19.8 Å². The van der Waals surface area contributed by atoms with Crippen LogP contribution >= 0.6 is 0 Å². The average Bonchev–Trinajstić information content (AvgIpc) is 2.60. The summed E-state index contributed by atoms with van der Waals surface area (Å²) < 4.78 is 0. The van der Waals surface area contributed by atoms with Gasteiger partial charge < -0.3 is 21.7 Å². The van der Waals surface area contributed by atoms with Crippen LogP contribution in [0.15, 0.2) is 0 Å². The molecule has 0 atom stereocenters. The van der Waals surface area contributed by atoms with Gasteiger partial charge in [-0.2, -0.15) is 0 Å². The highest BCUT2D eigenvalue weighted by Gasteiger charge is 2.39. The third-order valence-corrected chi connectivity index (χ3v) is 5.66. The molecule has 2 saturated carbocycles. The third kappa shape index (κ3) is 8.68. The van der Waals surface area contributed by atoms with Gasteiger partial charge >= 0.3 is 11.9 Å².